The van der Waals surface area contributed by atoms with Crippen LogP contribution in [0.2, 0.25) is 0 Å². The number of hydrogen-bond acceptors (Lipinski definition) is 3. The molecule has 2 aromatic carbocycles. The second-order valence-corrected chi connectivity index (χ2v) is 5.90. The van der Waals surface area contributed by atoms with Crippen molar-refractivity contribution in [2.75, 3.05) is 36.5 Å². The van der Waals surface area contributed by atoms with Crippen molar-refractivity contribution in [2.24, 2.45) is 0 Å². The van der Waals surface area contributed by atoms with Gasteiger partial charge in [-0.15, -0.1) is 0 Å². The SMILES string of the molecule is O=C(Nc1ccccc1N1CCOCC1)c1ccccc1Br. The zero-order valence-electron chi connectivity index (χ0n) is 12.1. The number of nitrogens with one attached hydrogen (secondary N) is 1. The lowest BCUT2D eigenvalue weighted by atomic mass is 10.2. The molecule has 3 rings (SSSR count). The fourth-order valence-electron chi connectivity index (χ4n) is 2.49. The van der Waals surface area contributed by atoms with Crippen molar-refractivity contribution in [1.29, 1.82) is 0 Å². The van der Waals surface area contributed by atoms with E-state index in [1.165, 1.54) is 0 Å². The standard InChI is InChI=1S/C17H17BrN2O2/c18-14-6-2-1-5-13(14)17(21)19-15-7-3-4-8-16(15)20-9-11-22-12-10-20/h1-8H,9-12H2,(H,19,21). The van der Waals surface area contributed by atoms with E-state index < -0.39 is 0 Å². The van der Waals surface area contributed by atoms with E-state index in [-0.39, 0.29) is 5.91 Å². The molecule has 1 saturated heterocycles. The highest BCUT2D eigenvalue weighted by Gasteiger charge is 2.17. The lowest BCUT2D eigenvalue weighted by Gasteiger charge is -2.30. The van der Waals surface area contributed by atoms with Gasteiger partial charge in [-0.05, 0) is 40.2 Å². The second-order valence-electron chi connectivity index (χ2n) is 5.05. The first-order valence-corrected chi connectivity index (χ1v) is 8.02. The summed E-state index contributed by atoms with van der Waals surface area (Å²) in [5.74, 6) is -0.117. The Labute approximate surface area is 138 Å². The van der Waals surface area contributed by atoms with Gasteiger partial charge in [0.1, 0.15) is 0 Å². The molecule has 0 spiro atoms. The third kappa shape index (κ3) is 3.31. The maximum Gasteiger partial charge on any atom is 0.256 e. The van der Waals surface area contributed by atoms with Gasteiger partial charge in [0.25, 0.3) is 5.91 Å². The summed E-state index contributed by atoms with van der Waals surface area (Å²) >= 11 is 3.42. The van der Waals surface area contributed by atoms with E-state index in [1.807, 2.05) is 42.5 Å². The summed E-state index contributed by atoms with van der Waals surface area (Å²) < 4.78 is 6.18. The summed E-state index contributed by atoms with van der Waals surface area (Å²) in [7, 11) is 0. The fourth-order valence-corrected chi connectivity index (χ4v) is 2.96. The number of carbonyl (C=O) groups is 1. The third-order valence-corrected chi connectivity index (χ3v) is 4.31. The number of carbonyl (C=O) groups excluding carboxylic acids is 1. The van der Waals surface area contributed by atoms with Gasteiger partial charge in [0.15, 0.2) is 0 Å². The highest BCUT2D eigenvalue weighted by Crippen LogP contribution is 2.27. The van der Waals surface area contributed by atoms with Crippen LogP contribution in [0, 0.1) is 0 Å². The van der Waals surface area contributed by atoms with Crippen molar-refractivity contribution in [1.82, 2.24) is 0 Å². The van der Waals surface area contributed by atoms with Gasteiger partial charge in [0.05, 0.1) is 30.2 Å². The van der Waals surface area contributed by atoms with E-state index in [2.05, 4.69) is 26.1 Å². The Morgan fingerprint density at radius 2 is 1.73 bits per heavy atom. The highest BCUT2D eigenvalue weighted by molar-refractivity contribution is 9.10. The number of amides is 1. The van der Waals surface area contributed by atoms with Crippen LogP contribution in [0.15, 0.2) is 53.0 Å². The zero-order valence-corrected chi connectivity index (χ0v) is 13.7. The largest absolute Gasteiger partial charge is 0.378 e. The summed E-state index contributed by atoms with van der Waals surface area (Å²) in [6.45, 7) is 3.10. The number of rotatable bonds is 3. The molecule has 0 unspecified atom stereocenters. The molecule has 1 aliphatic heterocycles. The first-order valence-electron chi connectivity index (χ1n) is 7.23. The molecule has 0 radical (unpaired) electrons. The van der Waals surface area contributed by atoms with Gasteiger partial charge in [-0.3, -0.25) is 4.79 Å². The third-order valence-electron chi connectivity index (χ3n) is 3.62. The van der Waals surface area contributed by atoms with Crippen molar-refractivity contribution in [2.45, 2.75) is 0 Å². The molecule has 114 valence electrons. The van der Waals surface area contributed by atoms with Gasteiger partial charge in [-0.2, -0.15) is 0 Å². The molecular formula is C17H17BrN2O2. The van der Waals surface area contributed by atoms with Crippen molar-refractivity contribution in [3.05, 3.63) is 58.6 Å². The number of morpholine rings is 1. The predicted molar refractivity (Wildman–Crippen MR) is 91.6 cm³/mol. The van der Waals surface area contributed by atoms with Crippen LogP contribution in [0.5, 0.6) is 0 Å². The molecule has 22 heavy (non-hydrogen) atoms. The molecule has 5 heteroatoms. The van der Waals surface area contributed by atoms with Crippen LogP contribution in [-0.2, 0) is 4.74 Å². The lowest BCUT2D eigenvalue weighted by Crippen LogP contribution is -2.36. The smallest absolute Gasteiger partial charge is 0.256 e. The van der Waals surface area contributed by atoms with E-state index in [9.17, 15) is 4.79 Å². The summed E-state index contributed by atoms with van der Waals surface area (Å²) in [6, 6.07) is 15.3. The molecule has 0 atom stereocenters. The Balaban J connectivity index is 1.83. The Hall–Kier alpha value is -1.85. The van der Waals surface area contributed by atoms with Gasteiger partial charge in [0.2, 0.25) is 0 Å². The molecule has 0 bridgehead atoms. The highest BCUT2D eigenvalue weighted by atomic mass is 79.9. The van der Waals surface area contributed by atoms with E-state index in [0.29, 0.717) is 18.8 Å². The summed E-state index contributed by atoms with van der Waals surface area (Å²) in [4.78, 5) is 14.7. The first-order chi connectivity index (χ1) is 10.8. The predicted octanol–water partition coefficient (Wildman–Crippen LogP) is 3.54. The van der Waals surface area contributed by atoms with Crippen LogP contribution in [0.3, 0.4) is 0 Å². The number of nitrogens with zero attached hydrogens (tertiary/aromatic N) is 1. The molecule has 1 heterocycles. The zero-order chi connectivity index (χ0) is 15.4. The van der Waals surface area contributed by atoms with Crippen LogP contribution in [-0.4, -0.2) is 32.2 Å². The quantitative estimate of drug-likeness (QED) is 0.909. The number of anilines is 2. The number of para-hydroxylation sites is 2. The van der Waals surface area contributed by atoms with Gasteiger partial charge >= 0.3 is 0 Å². The van der Waals surface area contributed by atoms with E-state index in [0.717, 1.165) is 28.9 Å². The summed E-state index contributed by atoms with van der Waals surface area (Å²) in [5, 5.41) is 3.01. The lowest BCUT2D eigenvalue weighted by molar-refractivity contribution is 0.102. The average molecular weight is 361 g/mol. The molecule has 1 amide bonds. The maximum atomic E-state index is 12.5. The monoisotopic (exact) mass is 360 g/mol. The molecule has 2 aromatic rings. The molecule has 1 N–H and O–H groups in total. The topological polar surface area (TPSA) is 41.6 Å². The van der Waals surface area contributed by atoms with Crippen LogP contribution >= 0.6 is 15.9 Å². The minimum Gasteiger partial charge on any atom is -0.378 e. The minimum atomic E-state index is -0.117. The summed E-state index contributed by atoms with van der Waals surface area (Å²) in [6.07, 6.45) is 0. The normalized spacial score (nSPS) is 14.7. The number of halogens is 1. The van der Waals surface area contributed by atoms with E-state index >= 15 is 0 Å². The fraction of sp³-hybridized carbons (Fsp3) is 0.235. The Morgan fingerprint density at radius 1 is 1.05 bits per heavy atom. The minimum absolute atomic E-state index is 0.117. The summed E-state index contributed by atoms with van der Waals surface area (Å²) in [5.41, 5.74) is 2.48. The van der Waals surface area contributed by atoms with Crippen LogP contribution < -0.4 is 10.2 Å². The van der Waals surface area contributed by atoms with Gasteiger partial charge in [0, 0.05) is 17.6 Å². The van der Waals surface area contributed by atoms with Gasteiger partial charge < -0.3 is 15.0 Å². The Bertz CT molecular complexity index is 669. The van der Waals surface area contributed by atoms with Crippen molar-refractivity contribution < 1.29 is 9.53 Å². The Kier molecular flexibility index (Phi) is 4.75. The Morgan fingerprint density at radius 3 is 2.50 bits per heavy atom. The molecule has 1 aliphatic rings. The maximum absolute atomic E-state index is 12.5. The van der Waals surface area contributed by atoms with Crippen LogP contribution in [0.4, 0.5) is 11.4 Å². The van der Waals surface area contributed by atoms with Crippen molar-refractivity contribution in [3.63, 3.8) is 0 Å². The molecule has 0 aliphatic carbocycles. The van der Waals surface area contributed by atoms with Gasteiger partial charge in [-0.25, -0.2) is 0 Å². The van der Waals surface area contributed by atoms with Crippen molar-refractivity contribution >= 4 is 33.2 Å². The number of benzene rings is 2. The van der Waals surface area contributed by atoms with Crippen LogP contribution in [0.1, 0.15) is 10.4 Å². The molecule has 1 fully saturated rings. The number of hydrogen-bond donors (Lipinski definition) is 1. The average Bonchev–Trinajstić information content (AvgIpc) is 2.56. The van der Waals surface area contributed by atoms with Crippen molar-refractivity contribution in [3.8, 4) is 0 Å². The van der Waals surface area contributed by atoms with Crippen LogP contribution in [0.25, 0.3) is 0 Å². The molecule has 0 saturated carbocycles. The number of ether oxygens (including phenoxy) is 1. The van der Waals surface area contributed by atoms with Gasteiger partial charge in [-0.1, -0.05) is 24.3 Å². The second kappa shape index (κ2) is 6.94. The molecule has 0 aromatic heterocycles. The molecule has 4 nitrogen and oxygen atoms in total. The van der Waals surface area contributed by atoms with E-state index in [1.54, 1.807) is 6.07 Å². The first kappa shape index (κ1) is 15.1. The van der Waals surface area contributed by atoms with E-state index in [4.69, 9.17) is 4.74 Å². The molecular weight excluding hydrogens is 344 g/mol.